The molecule has 0 aromatic heterocycles. The molecule has 1 heterocycles. The van der Waals surface area contributed by atoms with Gasteiger partial charge in [-0.1, -0.05) is 36.4 Å². The minimum absolute atomic E-state index is 0.130. The van der Waals surface area contributed by atoms with Gasteiger partial charge in [-0.25, -0.2) is 4.79 Å². The fraction of sp³-hybridized carbons (Fsp3) is 0.333. The third-order valence-corrected chi connectivity index (χ3v) is 6.05. The highest BCUT2D eigenvalue weighted by molar-refractivity contribution is 7.98. The Balaban J connectivity index is 1.80. The second-order valence-electron chi connectivity index (χ2n) is 7.77. The molecule has 2 atom stereocenters. The van der Waals surface area contributed by atoms with E-state index in [2.05, 4.69) is 16.0 Å². The number of amides is 3. The highest BCUT2D eigenvalue weighted by Gasteiger charge is 2.27. The van der Waals surface area contributed by atoms with Gasteiger partial charge in [0.1, 0.15) is 12.1 Å². The zero-order chi connectivity index (χ0) is 23.8. The molecule has 0 aliphatic carbocycles. The van der Waals surface area contributed by atoms with E-state index in [1.807, 2.05) is 42.7 Å². The van der Waals surface area contributed by atoms with E-state index < -0.39 is 24.0 Å². The molecule has 9 heteroatoms. The van der Waals surface area contributed by atoms with Crippen molar-refractivity contribution in [1.82, 2.24) is 16.0 Å². The maximum Gasteiger partial charge on any atom is 0.326 e. The monoisotopic (exact) mass is 469 g/mol. The second-order valence-corrected chi connectivity index (χ2v) is 8.75. The van der Waals surface area contributed by atoms with E-state index in [0.29, 0.717) is 36.1 Å². The summed E-state index contributed by atoms with van der Waals surface area (Å²) in [6.45, 7) is 0.235. The molecule has 174 valence electrons. The lowest BCUT2D eigenvalue weighted by Crippen LogP contribution is -2.41. The van der Waals surface area contributed by atoms with Gasteiger partial charge in [-0.3, -0.25) is 14.4 Å². The maximum atomic E-state index is 13.0. The molecule has 0 bridgehead atoms. The number of benzene rings is 2. The Kier molecular flexibility index (Phi) is 8.48. The first kappa shape index (κ1) is 24.3. The van der Waals surface area contributed by atoms with Crippen LogP contribution < -0.4 is 16.0 Å². The highest BCUT2D eigenvalue weighted by atomic mass is 32.2. The SMILES string of the molecule is CSCCC(NC(=O)c1ccc(CNC(=O)C2CCC(=O)N2)cc1-c1ccccc1)C(=O)O. The molecular formula is C24H27N3O5S. The molecule has 0 saturated carbocycles. The van der Waals surface area contributed by atoms with Crippen LogP contribution in [-0.2, 0) is 20.9 Å². The number of hydrogen-bond donors (Lipinski definition) is 4. The second kappa shape index (κ2) is 11.5. The van der Waals surface area contributed by atoms with E-state index in [0.717, 1.165) is 11.1 Å². The van der Waals surface area contributed by atoms with E-state index in [1.54, 1.807) is 12.1 Å². The van der Waals surface area contributed by atoms with Crippen LogP contribution in [0.15, 0.2) is 48.5 Å². The van der Waals surface area contributed by atoms with Crippen molar-refractivity contribution in [2.24, 2.45) is 0 Å². The standard InChI is InChI=1S/C24H27N3O5S/c1-33-12-11-20(24(31)32)27-22(29)17-8-7-15(13-18(17)16-5-3-2-4-6-16)14-25-23(30)19-9-10-21(28)26-19/h2-8,13,19-20H,9-12,14H2,1H3,(H,25,30)(H,26,28)(H,27,29)(H,31,32). The lowest BCUT2D eigenvalue weighted by atomic mass is 9.96. The zero-order valence-electron chi connectivity index (χ0n) is 18.3. The molecule has 0 spiro atoms. The molecule has 0 radical (unpaired) electrons. The Hall–Kier alpha value is -3.33. The summed E-state index contributed by atoms with van der Waals surface area (Å²) in [5.74, 6) is -1.30. The van der Waals surface area contributed by atoms with Crippen LogP contribution in [0.1, 0.15) is 35.2 Å². The van der Waals surface area contributed by atoms with Crippen LogP contribution in [0, 0.1) is 0 Å². The van der Waals surface area contributed by atoms with Crippen molar-refractivity contribution in [2.75, 3.05) is 12.0 Å². The van der Waals surface area contributed by atoms with Crippen LogP contribution in [-0.4, -0.2) is 52.9 Å². The number of carbonyl (C=O) groups is 4. The number of hydrogen-bond acceptors (Lipinski definition) is 5. The van der Waals surface area contributed by atoms with Gasteiger partial charge in [0, 0.05) is 18.5 Å². The summed E-state index contributed by atoms with van der Waals surface area (Å²) >= 11 is 1.52. The van der Waals surface area contributed by atoms with Crippen molar-refractivity contribution in [3.8, 4) is 11.1 Å². The minimum atomic E-state index is -1.07. The number of carbonyl (C=O) groups excluding carboxylic acids is 3. The predicted octanol–water partition coefficient (Wildman–Crippen LogP) is 2.18. The van der Waals surface area contributed by atoms with Gasteiger partial charge in [-0.2, -0.15) is 11.8 Å². The molecule has 4 N–H and O–H groups in total. The number of thioether (sulfide) groups is 1. The van der Waals surface area contributed by atoms with Gasteiger partial charge in [-0.05, 0) is 53.7 Å². The van der Waals surface area contributed by atoms with Gasteiger partial charge in [0.15, 0.2) is 0 Å². The Bertz CT molecular complexity index is 1030. The van der Waals surface area contributed by atoms with E-state index in [1.165, 1.54) is 11.8 Å². The topological polar surface area (TPSA) is 125 Å². The number of carboxylic acid groups (broad SMARTS) is 1. The third-order valence-electron chi connectivity index (χ3n) is 5.41. The van der Waals surface area contributed by atoms with Crippen molar-refractivity contribution in [1.29, 1.82) is 0 Å². The Morgan fingerprint density at radius 3 is 2.58 bits per heavy atom. The largest absolute Gasteiger partial charge is 0.480 e. The Morgan fingerprint density at radius 2 is 1.94 bits per heavy atom. The maximum absolute atomic E-state index is 13.0. The zero-order valence-corrected chi connectivity index (χ0v) is 19.1. The van der Waals surface area contributed by atoms with Crippen molar-refractivity contribution < 1.29 is 24.3 Å². The van der Waals surface area contributed by atoms with Crippen molar-refractivity contribution in [2.45, 2.75) is 37.9 Å². The summed E-state index contributed by atoms with van der Waals surface area (Å²) in [5, 5.41) is 17.6. The lowest BCUT2D eigenvalue weighted by molar-refractivity contribution is -0.139. The summed E-state index contributed by atoms with van der Waals surface area (Å²) in [7, 11) is 0. The van der Waals surface area contributed by atoms with Gasteiger partial charge in [0.2, 0.25) is 11.8 Å². The molecule has 1 saturated heterocycles. The van der Waals surface area contributed by atoms with Crippen LogP contribution in [0.25, 0.3) is 11.1 Å². The fourth-order valence-electron chi connectivity index (χ4n) is 3.61. The summed E-state index contributed by atoms with van der Waals surface area (Å²) in [6.07, 6.45) is 3.02. The van der Waals surface area contributed by atoms with Crippen LogP contribution in [0.4, 0.5) is 0 Å². The molecule has 1 fully saturated rings. The van der Waals surface area contributed by atoms with Crippen LogP contribution in [0.3, 0.4) is 0 Å². The third kappa shape index (κ3) is 6.58. The number of carboxylic acids is 1. The van der Waals surface area contributed by atoms with Crippen molar-refractivity contribution in [3.05, 3.63) is 59.7 Å². The summed E-state index contributed by atoms with van der Waals surface area (Å²) in [4.78, 5) is 48.2. The molecule has 2 aromatic rings. The molecule has 3 amide bonds. The lowest BCUT2D eigenvalue weighted by Gasteiger charge is -2.17. The Morgan fingerprint density at radius 1 is 1.18 bits per heavy atom. The minimum Gasteiger partial charge on any atom is -0.480 e. The summed E-state index contributed by atoms with van der Waals surface area (Å²) < 4.78 is 0. The van der Waals surface area contributed by atoms with E-state index >= 15 is 0 Å². The average Bonchev–Trinajstić information content (AvgIpc) is 3.26. The smallest absolute Gasteiger partial charge is 0.326 e. The van der Waals surface area contributed by atoms with Gasteiger partial charge >= 0.3 is 5.97 Å². The number of rotatable bonds is 10. The van der Waals surface area contributed by atoms with Gasteiger partial charge < -0.3 is 21.1 Å². The van der Waals surface area contributed by atoms with Crippen molar-refractivity contribution in [3.63, 3.8) is 0 Å². The first-order valence-electron chi connectivity index (χ1n) is 10.7. The van der Waals surface area contributed by atoms with E-state index in [9.17, 15) is 24.3 Å². The van der Waals surface area contributed by atoms with Crippen LogP contribution in [0.2, 0.25) is 0 Å². The average molecular weight is 470 g/mol. The molecule has 1 aliphatic heterocycles. The quantitative estimate of drug-likeness (QED) is 0.423. The molecular weight excluding hydrogens is 442 g/mol. The summed E-state index contributed by atoms with van der Waals surface area (Å²) in [6, 6.07) is 13.0. The van der Waals surface area contributed by atoms with Crippen molar-refractivity contribution >= 4 is 35.5 Å². The first-order valence-corrected chi connectivity index (χ1v) is 12.1. The Labute approximate surface area is 196 Å². The van der Waals surface area contributed by atoms with E-state index in [4.69, 9.17) is 0 Å². The van der Waals surface area contributed by atoms with Crippen LogP contribution >= 0.6 is 11.8 Å². The molecule has 33 heavy (non-hydrogen) atoms. The highest BCUT2D eigenvalue weighted by Crippen LogP contribution is 2.25. The molecule has 1 aliphatic rings. The van der Waals surface area contributed by atoms with Gasteiger partial charge in [0.25, 0.3) is 5.91 Å². The van der Waals surface area contributed by atoms with Gasteiger partial charge in [0.05, 0.1) is 0 Å². The molecule has 2 aromatic carbocycles. The fourth-order valence-corrected chi connectivity index (χ4v) is 4.08. The molecule has 3 rings (SSSR count). The molecule has 8 nitrogen and oxygen atoms in total. The van der Waals surface area contributed by atoms with Crippen LogP contribution in [0.5, 0.6) is 0 Å². The number of aliphatic carboxylic acids is 1. The van der Waals surface area contributed by atoms with Gasteiger partial charge in [-0.15, -0.1) is 0 Å². The first-order chi connectivity index (χ1) is 15.9. The number of nitrogens with one attached hydrogen (secondary N) is 3. The normalized spacial score (nSPS) is 16.0. The predicted molar refractivity (Wildman–Crippen MR) is 127 cm³/mol. The summed E-state index contributed by atoms with van der Waals surface area (Å²) in [5.41, 5.74) is 2.58. The molecule has 2 unspecified atom stereocenters. The van der Waals surface area contributed by atoms with E-state index in [-0.39, 0.29) is 18.4 Å².